The molecule has 7 heteroatoms. The smallest absolute Gasteiger partial charge is 0.239 e. The van der Waals surface area contributed by atoms with Crippen LogP contribution in [-0.4, -0.2) is 36.0 Å². The quantitative estimate of drug-likeness (QED) is 0.499. The van der Waals surface area contributed by atoms with Gasteiger partial charge in [-0.05, 0) is 19.3 Å². The summed E-state index contributed by atoms with van der Waals surface area (Å²) in [4.78, 5) is 22.5. The SMILES string of the molecule is CCCN(CC(=O)NC)c1cc(NN)nc(C2CC2)n1. The van der Waals surface area contributed by atoms with Crippen molar-refractivity contribution in [1.29, 1.82) is 0 Å². The number of nitrogen functional groups attached to an aromatic ring is 1. The maximum atomic E-state index is 11.6. The maximum Gasteiger partial charge on any atom is 0.239 e. The second kappa shape index (κ2) is 6.51. The lowest BCUT2D eigenvalue weighted by atomic mass is 10.3. The molecular formula is C13H22N6O. The minimum absolute atomic E-state index is 0.0349. The molecule has 1 amide bonds. The standard InChI is InChI=1S/C13H22N6O/c1-3-6-19(8-12(20)15-2)11-7-10(18-14)16-13(17-11)9-4-5-9/h7,9H,3-6,8,14H2,1-2H3,(H,15,20)(H,16,17,18). The highest BCUT2D eigenvalue weighted by Crippen LogP contribution is 2.39. The third kappa shape index (κ3) is 3.57. The Kier molecular flexibility index (Phi) is 4.73. The van der Waals surface area contributed by atoms with Crippen LogP contribution in [-0.2, 0) is 4.79 Å². The molecule has 0 bridgehead atoms. The van der Waals surface area contributed by atoms with Crippen molar-refractivity contribution < 1.29 is 4.79 Å². The highest BCUT2D eigenvalue weighted by molar-refractivity contribution is 5.80. The number of nitrogens with two attached hydrogens (primary N) is 1. The third-order valence-corrected chi connectivity index (χ3v) is 3.25. The van der Waals surface area contributed by atoms with Crippen LogP contribution in [0.2, 0.25) is 0 Å². The van der Waals surface area contributed by atoms with Crippen LogP contribution in [0.1, 0.15) is 37.9 Å². The van der Waals surface area contributed by atoms with E-state index < -0.39 is 0 Å². The second-order valence-corrected chi connectivity index (χ2v) is 4.98. The molecule has 0 saturated heterocycles. The van der Waals surface area contributed by atoms with Crippen LogP contribution in [0, 0.1) is 0 Å². The zero-order valence-electron chi connectivity index (χ0n) is 12.0. The van der Waals surface area contributed by atoms with Gasteiger partial charge in [0, 0.05) is 25.6 Å². The van der Waals surface area contributed by atoms with Gasteiger partial charge in [0.15, 0.2) is 0 Å². The van der Waals surface area contributed by atoms with E-state index in [0.717, 1.165) is 37.4 Å². The zero-order valence-corrected chi connectivity index (χ0v) is 12.0. The van der Waals surface area contributed by atoms with Crippen molar-refractivity contribution in [3.63, 3.8) is 0 Å². The van der Waals surface area contributed by atoms with Gasteiger partial charge in [-0.1, -0.05) is 6.92 Å². The first-order chi connectivity index (χ1) is 9.67. The lowest BCUT2D eigenvalue weighted by Crippen LogP contribution is -2.36. The van der Waals surface area contributed by atoms with Crippen LogP contribution in [0.15, 0.2) is 6.07 Å². The molecule has 1 aliphatic carbocycles. The molecule has 0 aliphatic heterocycles. The Morgan fingerprint density at radius 1 is 1.50 bits per heavy atom. The fourth-order valence-electron chi connectivity index (χ4n) is 2.01. The fraction of sp³-hybridized carbons (Fsp3) is 0.615. The number of likely N-dealkylation sites (N-methyl/N-ethyl adjacent to an activating group) is 1. The molecule has 2 rings (SSSR count). The van der Waals surface area contributed by atoms with Crippen LogP contribution in [0.3, 0.4) is 0 Å². The van der Waals surface area contributed by atoms with Crippen molar-refractivity contribution in [3.05, 3.63) is 11.9 Å². The minimum Gasteiger partial charge on any atom is -0.358 e. The van der Waals surface area contributed by atoms with E-state index >= 15 is 0 Å². The highest BCUT2D eigenvalue weighted by Gasteiger charge is 2.28. The molecule has 110 valence electrons. The van der Waals surface area contributed by atoms with Gasteiger partial charge in [-0.15, -0.1) is 0 Å². The van der Waals surface area contributed by atoms with Crippen molar-refractivity contribution >= 4 is 17.5 Å². The average Bonchev–Trinajstić information content (AvgIpc) is 3.30. The Labute approximate surface area is 118 Å². The average molecular weight is 278 g/mol. The molecule has 0 spiro atoms. The summed E-state index contributed by atoms with van der Waals surface area (Å²) in [5.74, 6) is 8.03. The van der Waals surface area contributed by atoms with Crippen molar-refractivity contribution in [3.8, 4) is 0 Å². The Morgan fingerprint density at radius 3 is 2.80 bits per heavy atom. The van der Waals surface area contributed by atoms with Gasteiger partial charge in [-0.2, -0.15) is 0 Å². The van der Waals surface area contributed by atoms with E-state index in [0.29, 0.717) is 11.7 Å². The predicted octanol–water partition coefficient (Wildman–Crippen LogP) is 0.602. The summed E-state index contributed by atoms with van der Waals surface area (Å²) in [6.45, 7) is 3.12. The lowest BCUT2D eigenvalue weighted by Gasteiger charge is -2.23. The summed E-state index contributed by atoms with van der Waals surface area (Å²) >= 11 is 0. The van der Waals surface area contributed by atoms with Gasteiger partial charge in [-0.25, -0.2) is 15.8 Å². The largest absolute Gasteiger partial charge is 0.358 e. The number of anilines is 2. The van der Waals surface area contributed by atoms with Crippen LogP contribution in [0.5, 0.6) is 0 Å². The number of hydrazine groups is 1. The number of carbonyl (C=O) groups is 1. The highest BCUT2D eigenvalue weighted by atomic mass is 16.1. The van der Waals surface area contributed by atoms with Crippen LogP contribution in [0.4, 0.5) is 11.6 Å². The molecule has 1 heterocycles. The van der Waals surface area contributed by atoms with Gasteiger partial charge < -0.3 is 15.6 Å². The first kappa shape index (κ1) is 14.5. The molecule has 4 N–H and O–H groups in total. The summed E-state index contributed by atoms with van der Waals surface area (Å²) in [6, 6.07) is 1.78. The van der Waals surface area contributed by atoms with Gasteiger partial charge in [0.25, 0.3) is 0 Å². The number of amides is 1. The van der Waals surface area contributed by atoms with Gasteiger partial charge in [0.1, 0.15) is 17.5 Å². The van der Waals surface area contributed by atoms with Gasteiger partial charge in [-0.3, -0.25) is 4.79 Å². The molecule has 0 aromatic carbocycles. The van der Waals surface area contributed by atoms with Crippen LogP contribution in [0.25, 0.3) is 0 Å². The van der Waals surface area contributed by atoms with Crippen molar-refractivity contribution in [1.82, 2.24) is 15.3 Å². The van der Waals surface area contributed by atoms with Crippen molar-refractivity contribution in [2.75, 3.05) is 30.5 Å². The molecule has 0 unspecified atom stereocenters. The third-order valence-electron chi connectivity index (χ3n) is 3.25. The lowest BCUT2D eigenvalue weighted by molar-refractivity contribution is -0.119. The Morgan fingerprint density at radius 2 is 2.25 bits per heavy atom. The fourth-order valence-corrected chi connectivity index (χ4v) is 2.01. The molecule has 1 aromatic heterocycles. The van der Waals surface area contributed by atoms with Crippen molar-refractivity contribution in [2.24, 2.45) is 5.84 Å². The normalized spacial score (nSPS) is 13.9. The van der Waals surface area contributed by atoms with E-state index in [1.807, 2.05) is 4.90 Å². The number of hydrogen-bond acceptors (Lipinski definition) is 6. The van der Waals surface area contributed by atoms with Crippen LogP contribution < -0.4 is 21.5 Å². The van der Waals surface area contributed by atoms with E-state index in [1.165, 1.54) is 0 Å². The molecule has 1 saturated carbocycles. The zero-order chi connectivity index (χ0) is 14.5. The monoisotopic (exact) mass is 278 g/mol. The topological polar surface area (TPSA) is 96.2 Å². The second-order valence-electron chi connectivity index (χ2n) is 4.98. The number of carbonyl (C=O) groups excluding carboxylic acids is 1. The molecule has 7 nitrogen and oxygen atoms in total. The number of rotatable bonds is 7. The Bertz CT molecular complexity index is 474. The first-order valence-electron chi connectivity index (χ1n) is 6.99. The number of aromatic nitrogens is 2. The van der Waals surface area contributed by atoms with E-state index in [4.69, 9.17) is 5.84 Å². The summed E-state index contributed by atoms with van der Waals surface area (Å²) in [6.07, 6.45) is 3.18. The van der Waals surface area contributed by atoms with E-state index in [1.54, 1.807) is 13.1 Å². The molecule has 1 aromatic rings. The number of nitrogens with one attached hydrogen (secondary N) is 2. The summed E-state index contributed by atoms with van der Waals surface area (Å²) in [5, 5.41) is 2.64. The summed E-state index contributed by atoms with van der Waals surface area (Å²) in [7, 11) is 1.63. The predicted molar refractivity (Wildman–Crippen MR) is 78.4 cm³/mol. The van der Waals surface area contributed by atoms with E-state index in [-0.39, 0.29) is 12.5 Å². The van der Waals surface area contributed by atoms with E-state index in [2.05, 4.69) is 27.6 Å². The molecule has 1 aliphatic rings. The number of nitrogens with zero attached hydrogens (tertiary/aromatic N) is 3. The molecule has 1 fully saturated rings. The van der Waals surface area contributed by atoms with Gasteiger partial charge in [0.2, 0.25) is 5.91 Å². The molecule has 0 atom stereocenters. The summed E-state index contributed by atoms with van der Waals surface area (Å²) in [5.41, 5.74) is 2.58. The summed E-state index contributed by atoms with van der Waals surface area (Å²) < 4.78 is 0. The molecular weight excluding hydrogens is 256 g/mol. The van der Waals surface area contributed by atoms with E-state index in [9.17, 15) is 4.79 Å². The van der Waals surface area contributed by atoms with Crippen LogP contribution >= 0.6 is 0 Å². The number of hydrogen-bond donors (Lipinski definition) is 3. The molecule has 0 radical (unpaired) electrons. The maximum absolute atomic E-state index is 11.6. The first-order valence-corrected chi connectivity index (χ1v) is 6.99. The Hall–Kier alpha value is -1.89. The van der Waals surface area contributed by atoms with Gasteiger partial charge in [0.05, 0.1) is 6.54 Å². The van der Waals surface area contributed by atoms with Crippen molar-refractivity contribution in [2.45, 2.75) is 32.1 Å². The Balaban J connectivity index is 2.25. The van der Waals surface area contributed by atoms with Gasteiger partial charge >= 0.3 is 0 Å². The minimum atomic E-state index is -0.0349. The molecule has 20 heavy (non-hydrogen) atoms.